The normalized spacial score (nSPS) is 22.5. The number of aliphatic hydroxyl groups excluding tert-OH is 2. The summed E-state index contributed by atoms with van der Waals surface area (Å²) in [6.45, 7) is -1.08. The second-order valence-corrected chi connectivity index (χ2v) is 14.2. The maximum absolute atomic E-state index is 12.6. The first-order valence-corrected chi connectivity index (χ1v) is 18.5. The van der Waals surface area contributed by atoms with Crippen molar-refractivity contribution in [1.29, 1.82) is 0 Å². The van der Waals surface area contributed by atoms with E-state index < -0.39 is 99.2 Å². The van der Waals surface area contributed by atoms with Crippen LogP contribution in [-0.2, 0) is 66.4 Å². The summed E-state index contributed by atoms with van der Waals surface area (Å²) in [6.07, 6.45) is -19.6. The van der Waals surface area contributed by atoms with Crippen LogP contribution in [0.25, 0.3) is 0 Å². The first kappa shape index (κ1) is 71.0. The van der Waals surface area contributed by atoms with Gasteiger partial charge in [0.25, 0.3) is 7.82 Å². The summed E-state index contributed by atoms with van der Waals surface area (Å²) in [7, 11) is -25.0. The minimum absolute atomic E-state index is 0. The maximum Gasteiger partial charge on any atom is 1.00 e. The molecule has 4 N–H and O–H groups in total. The minimum atomic E-state index is -6.36. The van der Waals surface area contributed by atoms with Gasteiger partial charge in [0.2, 0.25) is 0 Å². The molecular weight excluding hydrogens is 891 g/mol. The van der Waals surface area contributed by atoms with E-state index in [-0.39, 0.29) is 220 Å². The molecule has 3 unspecified atom stereocenters. The fourth-order valence-electron chi connectivity index (χ4n) is 3.98. The van der Waals surface area contributed by atoms with E-state index in [9.17, 15) is 72.3 Å². The van der Waals surface area contributed by atoms with E-state index in [1.165, 1.54) is 0 Å². The van der Waals surface area contributed by atoms with E-state index >= 15 is 0 Å². The maximum atomic E-state index is 12.6. The van der Waals surface area contributed by atoms with Crippen LogP contribution in [0.15, 0.2) is 24.3 Å². The molecule has 2 rings (SSSR count). The van der Waals surface area contributed by atoms with Gasteiger partial charge in [-0.1, -0.05) is 12.1 Å². The largest absolute Gasteiger partial charge is 1.00 e. The molecule has 1 saturated carbocycles. The predicted molar refractivity (Wildman–Crippen MR) is 134 cm³/mol. The van der Waals surface area contributed by atoms with E-state index in [2.05, 4.69) is 22.6 Å². The number of hydrogen-bond acceptors (Lipinski definition) is 23. The molecule has 1 aliphatic rings. The number of nitrogen functional groups attached to an aromatic ring is 1. The Balaban J connectivity index is -0.000000823. The number of carbonyl (C=O) groups excluding carboxylic acids is 2. The van der Waals surface area contributed by atoms with Gasteiger partial charge >= 0.3 is 219 Å². The number of phosphoric acid groups is 4. The topological polar surface area (TPSA) is 395 Å². The van der Waals surface area contributed by atoms with Gasteiger partial charge in [0, 0.05) is 19.0 Å². The second kappa shape index (κ2) is 32.1. The van der Waals surface area contributed by atoms with Crippen LogP contribution in [0.3, 0.4) is 0 Å². The smallest absolute Gasteiger partial charge is 0.790 e. The van der Waals surface area contributed by atoms with Crippen molar-refractivity contribution in [3.05, 3.63) is 29.8 Å². The monoisotopic (exact) mass is 917 g/mol. The molecule has 1 fully saturated rings. The van der Waals surface area contributed by atoms with Crippen LogP contribution < -0.4 is 247 Å². The van der Waals surface area contributed by atoms with Crippen molar-refractivity contribution in [3.63, 3.8) is 0 Å². The summed E-state index contributed by atoms with van der Waals surface area (Å²) >= 11 is 0. The van der Waals surface area contributed by atoms with Gasteiger partial charge in [-0.3, -0.25) is 14.2 Å². The van der Waals surface area contributed by atoms with Crippen molar-refractivity contribution in [2.45, 2.75) is 62.5 Å². The van der Waals surface area contributed by atoms with Gasteiger partial charge < -0.3 is 96.0 Å². The number of benzene rings is 1. The van der Waals surface area contributed by atoms with E-state index in [1.807, 2.05) is 0 Å². The van der Waals surface area contributed by atoms with Crippen molar-refractivity contribution in [1.82, 2.24) is 0 Å². The minimum Gasteiger partial charge on any atom is -0.790 e. The van der Waals surface area contributed by atoms with Crippen LogP contribution in [0.1, 0.15) is 18.9 Å². The molecule has 0 heterocycles. The van der Waals surface area contributed by atoms with E-state index in [0.29, 0.717) is 11.3 Å². The zero-order valence-corrected chi connectivity index (χ0v) is 48.2. The van der Waals surface area contributed by atoms with Crippen molar-refractivity contribution in [2.75, 3.05) is 18.9 Å². The van der Waals surface area contributed by atoms with Gasteiger partial charge in [-0.2, -0.15) is 0 Å². The summed E-state index contributed by atoms with van der Waals surface area (Å²) in [4.78, 5) is 104. The standard InChI is InChI=1S/C20H33NO22P4.7Na/c1-10(22)39-13(8-37-14(23)7-4-11-2-5-12(21)6-3-11)9-38-47(35,36)43-17-15(24)18(40-44(26,27)28)20(42-46(32,33)34)19(16(17)25)41-45(29,30)31;;;;;;;/h2-3,5-6,13,15-20,24-25H,4,7-9,21H2,1H3,(H,35,36)(H2,26,27,28)(H2,29,30,31)(H2,32,33,34);;;;;;;/q;7*+1/p-7/t13-,15+,16+,17?,18-,19+,20?;;;;;;;/m1......./s1. The first-order valence-electron chi connectivity index (χ1n) is 12.6. The number of anilines is 1. The van der Waals surface area contributed by atoms with Gasteiger partial charge in [0.05, 0.1) is 30.1 Å². The number of aliphatic hydroxyl groups is 2. The number of hydrogen-bond donors (Lipinski definition) is 3. The Kier molecular flexibility index (Phi) is 42.1. The molecule has 0 amide bonds. The summed E-state index contributed by atoms with van der Waals surface area (Å²) < 4.78 is 76.6. The number of rotatable bonds is 17. The molecule has 0 saturated heterocycles. The van der Waals surface area contributed by atoms with Gasteiger partial charge in [-0.15, -0.1) is 0 Å². The van der Waals surface area contributed by atoms with Crippen molar-refractivity contribution in [2.24, 2.45) is 0 Å². The van der Waals surface area contributed by atoms with E-state index in [4.69, 9.17) is 15.2 Å². The molecule has 1 aromatic carbocycles. The molecule has 1 aliphatic carbocycles. The Hall–Kier alpha value is 5.32. The Morgan fingerprint density at radius 2 is 1.09 bits per heavy atom. The zero-order chi connectivity index (χ0) is 36.0. The molecule has 34 heteroatoms. The van der Waals surface area contributed by atoms with E-state index in [1.54, 1.807) is 24.3 Å². The van der Waals surface area contributed by atoms with Crippen molar-refractivity contribution < 1.29 is 311 Å². The van der Waals surface area contributed by atoms with Crippen LogP contribution >= 0.6 is 31.3 Å². The molecule has 0 aromatic heterocycles. The Bertz CT molecular complexity index is 1400. The summed E-state index contributed by atoms with van der Waals surface area (Å²) in [5.74, 6) is -1.85. The number of aryl methyl sites for hydroxylation is 1. The molecule has 8 atom stereocenters. The van der Waals surface area contributed by atoms with Gasteiger partial charge in [0.15, 0.2) is 6.10 Å². The average Bonchev–Trinajstić information content (AvgIpc) is 2.90. The number of phosphoric ester groups is 4. The number of ether oxygens (including phenoxy) is 2. The third-order valence-corrected chi connectivity index (χ3v) is 8.25. The third-order valence-electron chi connectivity index (χ3n) is 5.78. The molecular formula is C20H26NNa7O22P4. The van der Waals surface area contributed by atoms with Crippen LogP contribution in [0.2, 0.25) is 0 Å². The molecule has 1 aromatic rings. The number of carbonyl (C=O) groups is 2. The summed E-state index contributed by atoms with van der Waals surface area (Å²) in [5, 5.41) is 21.0. The van der Waals surface area contributed by atoms with E-state index in [0.717, 1.165) is 6.92 Å². The van der Waals surface area contributed by atoms with Crippen LogP contribution in [0.5, 0.6) is 0 Å². The Morgan fingerprint density at radius 1 is 0.685 bits per heavy atom. The quantitative estimate of drug-likeness (QED) is 0.0565. The van der Waals surface area contributed by atoms with Gasteiger partial charge in [-0.25, -0.2) is 0 Å². The predicted octanol–water partition coefficient (Wildman–Crippen LogP) is -27.0. The molecule has 54 heavy (non-hydrogen) atoms. The molecule has 0 spiro atoms. The molecule has 0 radical (unpaired) electrons. The molecule has 270 valence electrons. The summed E-state index contributed by atoms with van der Waals surface area (Å²) in [5.41, 5.74) is 6.77. The number of nitrogens with two attached hydrogens (primary N) is 1. The van der Waals surface area contributed by atoms with Gasteiger partial charge in [-0.05, 0) is 24.1 Å². The van der Waals surface area contributed by atoms with Crippen molar-refractivity contribution >= 4 is 48.9 Å². The second-order valence-electron chi connectivity index (χ2n) is 9.50. The van der Waals surface area contributed by atoms with Crippen molar-refractivity contribution in [3.8, 4) is 0 Å². The zero-order valence-electron chi connectivity index (χ0n) is 30.6. The Morgan fingerprint density at radius 3 is 1.48 bits per heavy atom. The molecule has 0 aliphatic heterocycles. The third kappa shape index (κ3) is 28.9. The van der Waals surface area contributed by atoms with Gasteiger partial charge in [0.1, 0.15) is 43.2 Å². The summed E-state index contributed by atoms with van der Waals surface area (Å²) in [6, 6.07) is 6.47. The fourth-order valence-corrected chi connectivity index (χ4v) is 6.56. The number of esters is 2. The molecule has 0 bridgehead atoms. The average molecular weight is 917 g/mol. The first-order chi connectivity index (χ1) is 21.4. The van der Waals surface area contributed by atoms with Crippen LogP contribution in [0, 0.1) is 0 Å². The van der Waals surface area contributed by atoms with Crippen LogP contribution in [-0.4, -0.2) is 78.1 Å². The fraction of sp³-hybridized carbons (Fsp3) is 0.600. The Labute approximate surface area is 463 Å². The SMILES string of the molecule is CC(=O)O[C@H](COC(=O)CCc1ccc(N)cc1)COP(=O)([O-])OC1[C@H](O)[C@H](OP(=O)([O-])[O-])C(OP(=O)([O-])[O-])[C@H](OP(=O)([O-])[O-])[C@H]1O.[Na+].[Na+].[Na+].[Na+].[Na+].[Na+].[Na+]. The van der Waals surface area contributed by atoms with Crippen LogP contribution in [0.4, 0.5) is 5.69 Å². The molecule has 23 nitrogen and oxygen atoms in total.